The number of ether oxygens (including phenoxy) is 2. The first-order valence-corrected chi connectivity index (χ1v) is 5.56. The van der Waals surface area contributed by atoms with Gasteiger partial charge in [0.15, 0.2) is 0 Å². The molecule has 0 aliphatic carbocycles. The maximum atomic E-state index is 11.7. The number of carbonyl (C=O) groups is 1. The molecule has 96 valence electrons. The van der Waals surface area contributed by atoms with Crippen LogP contribution in [0.2, 0.25) is 0 Å². The molecular weight excluding hydrogens is 208 g/mol. The van der Waals surface area contributed by atoms with Gasteiger partial charge in [-0.15, -0.1) is 0 Å². The third-order valence-corrected chi connectivity index (χ3v) is 2.45. The molecule has 16 heavy (non-hydrogen) atoms. The highest BCUT2D eigenvalue weighted by molar-refractivity contribution is 5.81. The molecule has 0 spiro atoms. The van der Waals surface area contributed by atoms with Crippen molar-refractivity contribution in [1.82, 2.24) is 5.32 Å². The van der Waals surface area contributed by atoms with Crippen LogP contribution in [0.15, 0.2) is 0 Å². The van der Waals surface area contributed by atoms with E-state index >= 15 is 0 Å². The van der Waals surface area contributed by atoms with Gasteiger partial charge in [-0.2, -0.15) is 0 Å². The monoisotopic (exact) mass is 232 g/mol. The number of methoxy groups -OCH3 is 2. The van der Waals surface area contributed by atoms with E-state index in [0.29, 0.717) is 25.6 Å². The van der Waals surface area contributed by atoms with E-state index < -0.39 is 6.04 Å². The second-order valence-electron chi connectivity index (χ2n) is 4.20. The van der Waals surface area contributed by atoms with Crippen molar-refractivity contribution < 1.29 is 14.3 Å². The molecule has 1 amide bonds. The van der Waals surface area contributed by atoms with Gasteiger partial charge in [0.05, 0.1) is 18.7 Å². The van der Waals surface area contributed by atoms with E-state index in [2.05, 4.69) is 5.32 Å². The Morgan fingerprint density at radius 2 is 1.94 bits per heavy atom. The largest absolute Gasteiger partial charge is 0.385 e. The van der Waals surface area contributed by atoms with Crippen LogP contribution < -0.4 is 11.1 Å². The second-order valence-corrected chi connectivity index (χ2v) is 4.20. The molecule has 0 saturated carbocycles. The summed E-state index contributed by atoms with van der Waals surface area (Å²) >= 11 is 0. The SMILES string of the molecule is COCCC(N)C(=O)NC(COC)C(C)C. The van der Waals surface area contributed by atoms with Gasteiger partial charge in [0.2, 0.25) is 5.91 Å². The third-order valence-electron chi connectivity index (χ3n) is 2.45. The molecule has 0 aliphatic heterocycles. The number of nitrogens with two attached hydrogens (primary N) is 1. The third kappa shape index (κ3) is 6.05. The fourth-order valence-corrected chi connectivity index (χ4v) is 1.25. The summed E-state index contributed by atoms with van der Waals surface area (Å²) in [5.74, 6) is 0.173. The molecule has 0 aromatic carbocycles. The van der Waals surface area contributed by atoms with Gasteiger partial charge in [-0.3, -0.25) is 4.79 Å². The molecule has 0 heterocycles. The Morgan fingerprint density at radius 1 is 1.31 bits per heavy atom. The van der Waals surface area contributed by atoms with Gasteiger partial charge in [0.25, 0.3) is 0 Å². The van der Waals surface area contributed by atoms with Crippen molar-refractivity contribution >= 4 is 5.91 Å². The van der Waals surface area contributed by atoms with Gasteiger partial charge >= 0.3 is 0 Å². The number of carbonyl (C=O) groups excluding carboxylic acids is 1. The van der Waals surface area contributed by atoms with Crippen molar-refractivity contribution in [3.05, 3.63) is 0 Å². The molecule has 0 rings (SSSR count). The number of hydrogen-bond donors (Lipinski definition) is 2. The van der Waals surface area contributed by atoms with E-state index in [0.717, 1.165) is 0 Å². The van der Waals surface area contributed by atoms with Gasteiger partial charge < -0.3 is 20.5 Å². The number of amides is 1. The molecule has 0 saturated heterocycles. The first kappa shape index (κ1) is 15.3. The van der Waals surface area contributed by atoms with Crippen LogP contribution in [0.1, 0.15) is 20.3 Å². The normalized spacial score (nSPS) is 14.9. The summed E-state index contributed by atoms with van der Waals surface area (Å²) in [6.07, 6.45) is 0.528. The van der Waals surface area contributed by atoms with E-state index in [1.165, 1.54) is 0 Å². The zero-order chi connectivity index (χ0) is 12.6. The number of rotatable bonds is 8. The molecule has 2 atom stereocenters. The average molecular weight is 232 g/mol. The number of nitrogens with one attached hydrogen (secondary N) is 1. The molecule has 5 nitrogen and oxygen atoms in total. The molecular formula is C11H24N2O3. The molecule has 0 fully saturated rings. The first-order valence-electron chi connectivity index (χ1n) is 5.56. The van der Waals surface area contributed by atoms with Crippen LogP contribution in [0.5, 0.6) is 0 Å². The molecule has 0 aromatic rings. The van der Waals surface area contributed by atoms with Crippen molar-refractivity contribution in [2.75, 3.05) is 27.4 Å². The lowest BCUT2D eigenvalue weighted by Crippen LogP contribution is -2.49. The van der Waals surface area contributed by atoms with Crippen molar-refractivity contribution in [3.8, 4) is 0 Å². The maximum absolute atomic E-state index is 11.7. The van der Waals surface area contributed by atoms with Crippen LogP contribution in [0.4, 0.5) is 0 Å². The Morgan fingerprint density at radius 3 is 2.38 bits per heavy atom. The smallest absolute Gasteiger partial charge is 0.237 e. The Balaban J connectivity index is 4.07. The summed E-state index contributed by atoms with van der Waals surface area (Å²) in [5, 5.41) is 2.88. The van der Waals surface area contributed by atoms with Crippen molar-refractivity contribution in [1.29, 1.82) is 0 Å². The Labute approximate surface area is 97.7 Å². The van der Waals surface area contributed by atoms with Crippen molar-refractivity contribution in [2.45, 2.75) is 32.4 Å². The fraction of sp³-hybridized carbons (Fsp3) is 0.909. The predicted molar refractivity (Wildman–Crippen MR) is 63.1 cm³/mol. The van der Waals surface area contributed by atoms with E-state index in [1.807, 2.05) is 13.8 Å². The van der Waals surface area contributed by atoms with Gasteiger partial charge in [-0.25, -0.2) is 0 Å². The van der Waals surface area contributed by atoms with Crippen LogP contribution >= 0.6 is 0 Å². The zero-order valence-corrected chi connectivity index (χ0v) is 10.7. The Bertz CT molecular complexity index is 198. The summed E-state index contributed by atoms with van der Waals surface area (Å²) in [6.45, 7) is 5.06. The average Bonchev–Trinajstić information content (AvgIpc) is 2.24. The summed E-state index contributed by atoms with van der Waals surface area (Å²) in [7, 11) is 3.21. The highest BCUT2D eigenvalue weighted by atomic mass is 16.5. The first-order chi connectivity index (χ1) is 7.52. The summed E-state index contributed by atoms with van der Waals surface area (Å²) in [6, 6.07) is -0.510. The Kier molecular flexibility index (Phi) is 8.15. The van der Waals surface area contributed by atoms with Gasteiger partial charge in [0.1, 0.15) is 0 Å². The highest BCUT2D eigenvalue weighted by Crippen LogP contribution is 2.02. The van der Waals surface area contributed by atoms with E-state index in [4.69, 9.17) is 15.2 Å². The van der Waals surface area contributed by atoms with Crippen LogP contribution in [0.3, 0.4) is 0 Å². The van der Waals surface area contributed by atoms with Crippen LogP contribution in [-0.2, 0) is 14.3 Å². The van der Waals surface area contributed by atoms with Crippen molar-refractivity contribution in [3.63, 3.8) is 0 Å². The molecule has 0 bridgehead atoms. The van der Waals surface area contributed by atoms with Crippen molar-refractivity contribution in [2.24, 2.45) is 11.7 Å². The van der Waals surface area contributed by atoms with Gasteiger partial charge in [-0.05, 0) is 12.3 Å². The zero-order valence-electron chi connectivity index (χ0n) is 10.7. The minimum atomic E-state index is -0.516. The minimum Gasteiger partial charge on any atom is -0.385 e. The molecule has 2 unspecified atom stereocenters. The Hall–Kier alpha value is -0.650. The molecule has 0 radical (unpaired) electrons. The quantitative estimate of drug-likeness (QED) is 0.624. The molecule has 3 N–H and O–H groups in total. The van der Waals surface area contributed by atoms with Crippen LogP contribution in [-0.4, -0.2) is 45.4 Å². The lowest BCUT2D eigenvalue weighted by Gasteiger charge is -2.23. The van der Waals surface area contributed by atoms with E-state index in [-0.39, 0.29) is 11.9 Å². The van der Waals surface area contributed by atoms with E-state index in [9.17, 15) is 4.79 Å². The molecule has 0 aliphatic rings. The predicted octanol–water partition coefficient (Wildman–Crippen LogP) is 0.137. The maximum Gasteiger partial charge on any atom is 0.237 e. The van der Waals surface area contributed by atoms with Gasteiger partial charge in [-0.1, -0.05) is 13.8 Å². The number of hydrogen-bond acceptors (Lipinski definition) is 4. The fourth-order valence-electron chi connectivity index (χ4n) is 1.25. The lowest BCUT2D eigenvalue weighted by atomic mass is 10.0. The highest BCUT2D eigenvalue weighted by Gasteiger charge is 2.19. The summed E-state index contributed by atoms with van der Waals surface area (Å²) in [4.78, 5) is 11.7. The molecule has 0 aromatic heterocycles. The molecule has 5 heteroatoms. The summed E-state index contributed by atoms with van der Waals surface area (Å²) < 4.78 is 9.92. The topological polar surface area (TPSA) is 73.6 Å². The lowest BCUT2D eigenvalue weighted by molar-refractivity contribution is -0.124. The summed E-state index contributed by atoms with van der Waals surface area (Å²) in [5.41, 5.74) is 5.72. The van der Waals surface area contributed by atoms with E-state index in [1.54, 1.807) is 14.2 Å². The second kappa shape index (κ2) is 8.50. The van der Waals surface area contributed by atoms with Crippen LogP contribution in [0, 0.1) is 5.92 Å². The standard InChI is InChI=1S/C11H24N2O3/c1-8(2)10(7-16-4)13-11(14)9(12)5-6-15-3/h8-10H,5-7,12H2,1-4H3,(H,13,14). The van der Waals surface area contributed by atoms with Crippen LogP contribution in [0.25, 0.3) is 0 Å². The minimum absolute atomic E-state index is 0.00564. The van der Waals surface area contributed by atoms with Gasteiger partial charge in [0, 0.05) is 20.8 Å².